The molecule has 1 fully saturated rings. The number of hydrogen-bond donors (Lipinski definition) is 3. The van der Waals surface area contributed by atoms with Gasteiger partial charge in [0.25, 0.3) is 0 Å². The normalized spacial score (nSPS) is 18.8. The van der Waals surface area contributed by atoms with Crippen molar-refractivity contribution in [1.29, 1.82) is 0 Å². The van der Waals surface area contributed by atoms with Gasteiger partial charge < -0.3 is 39.0 Å². The molecule has 0 aromatic heterocycles. The van der Waals surface area contributed by atoms with Crippen molar-refractivity contribution in [2.45, 2.75) is 276 Å². The molecule has 0 aromatic carbocycles. The minimum Gasteiger partial charge on any atom is -0.479 e. The fourth-order valence-electron chi connectivity index (χ4n) is 8.40. The molecule has 0 spiro atoms. The Kier molecular flexibility index (Phi) is 45.1. The summed E-state index contributed by atoms with van der Waals surface area (Å²) in [5.41, 5.74) is 0. The fourth-order valence-corrected chi connectivity index (χ4v) is 8.40. The topological polar surface area (TPSA) is 175 Å². The molecular weight excluding hydrogens is 925 g/mol. The lowest BCUT2D eigenvalue weighted by Crippen LogP contribution is -2.61. The van der Waals surface area contributed by atoms with Gasteiger partial charge in [-0.15, -0.1) is 0 Å². The summed E-state index contributed by atoms with van der Waals surface area (Å²) in [6, 6.07) is 0. The van der Waals surface area contributed by atoms with Crippen molar-refractivity contribution >= 4 is 23.9 Å². The Morgan fingerprint density at radius 2 is 0.863 bits per heavy atom. The van der Waals surface area contributed by atoms with Crippen LogP contribution in [0.2, 0.25) is 0 Å². The van der Waals surface area contributed by atoms with E-state index in [4.69, 9.17) is 23.7 Å². The molecular formula is C61H102O12. The van der Waals surface area contributed by atoms with Crippen molar-refractivity contribution in [1.82, 2.24) is 0 Å². The number of aliphatic hydroxyl groups excluding tert-OH is 2. The van der Waals surface area contributed by atoms with E-state index in [0.717, 1.165) is 103 Å². The van der Waals surface area contributed by atoms with Crippen molar-refractivity contribution in [3.63, 3.8) is 0 Å². The van der Waals surface area contributed by atoms with Gasteiger partial charge in [0.15, 0.2) is 24.6 Å². The number of aliphatic hydroxyl groups is 2. The number of carboxylic acids is 1. The second-order valence-corrected chi connectivity index (χ2v) is 19.5. The molecule has 1 heterocycles. The highest BCUT2D eigenvalue weighted by molar-refractivity contribution is 5.74. The third-order valence-corrected chi connectivity index (χ3v) is 12.8. The zero-order valence-electron chi connectivity index (χ0n) is 45.9. The first-order valence-electron chi connectivity index (χ1n) is 28.9. The van der Waals surface area contributed by atoms with Crippen molar-refractivity contribution in [3.05, 3.63) is 72.9 Å². The lowest BCUT2D eigenvalue weighted by molar-refractivity contribution is -0.301. The number of aliphatic carboxylic acids is 1. The molecule has 0 saturated carbocycles. The van der Waals surface area contributed by atoms with Crippen molar-refractivity contribution in [2.75, 3.05) is 13.2 Å². The maximum Gasteiger partial charge on any atom is 0.335 e. The second-order valence-electron chi connectivity index (χ2n) is 19.5. The number of carboxylic acid groups (broad SMARTS) is 1. The Hall–Kier alpha value is -3.84. The predicted molar refractivity (Wildman–Crippen MR) is 294 cm³/mol. The molecule has 6 atom stereocenters. The lowest BCUT2D eigenvalue weighted by Gasteiger charge is -2.40. The van der Waals surface area contributed by atoms with Crippen molar-refractivity contribution < 1.29 is 58.2 Å². The molecule has 1 rings (SSSR count). The van der Waals surface area contributed by atoms with Crippen LogP contribution >= 0.6 is 0 Å². The molecule has 12 heteroatoms. The van der Waals surface area contributed by atoms with Gasteiger partial charge in [-0.25, -0.2) is 4.79 Å². The third-order valence-electron chi connectivity index (χ3n) is 12.8. The number of ether oxygens (including phenoxy) is 5. The summed E-state index contributed by atoms with van der Waals surface area (Å²) >= 11 is 0. The van der Waals surface area contributed by atoms with E-state index in [9.17, 15) is 34.5 Å². The molecule has 0 aromatic rings. The summed E-state index contributed by atoms with van der Waals surface area (Å²) in [5, 5.41) is 31.5. The van der Waals surface area contributed by atoms with Crippen LogP contribution in [0.4, 0.5) is 0 Å². The monoisotopic (exact) mass is 1030 g/mol. The minimum absolute atomic E-state index is 0.0553. The first-order chi connectivity index (χ1) is 35.6. The number of carbonyl (C=O) groups is 4. The molecule has 0 radical (unpaired) electrons. The second kappa shape index (κ2) is 49.1. The Morgan fingerprint density at radius 1 is 0.466 bits per heavy atom. The smallest absolute Gasteiger partial charge is 0.335 e. The van der Waals surface area contributed by atoms with E-state index in [0.29, 0.717) is 19.3 Å². The number of hydrogen-bond acceptors (Lipinski definition) is 11. The highest BCUT2D eigenvalue weighted by atomic mass is 16.7. The molecule has 0 amide bonds. The Morgan fingerprint density at radius 3 is 1.32 bits per heavy atom. The van der Waals surface area contributed by atoms with Crippen LogP contribution in [0.1, 0.15) is 239 Å². The molecule has 1 saturated heterocycles. The number of allylic oxidation sites excluding steroid dienone is 12. The van der Waals surface area contributed by atoms with Crippen LogP contribution in [0, 0.1) is 0 Å². The van der Waals surface area contributed by atoms with Gasteiger partial charge in [-0.2, -0.15) is 0 Å². The lowest BCUT2D eigenvalue weighted by atomic mass is 9.98. The molecule has 418 valence electrons. The molecule has 12 nitrogen and oxygen atoms in total. The minimum atomic E-state index is -1.91. The number of rotatable bonds is 48. The molecule has 73 heavy (non-hydrogen) atoms. The zero-order chi connectivity index (χ0) is 53.3. The Balaban J connectivity index is 2.71. The van der Waals surface area contributed by atoms with Gasteiger partial charge in [-0.05, 0) is 83.5 Å². The van der Waals surface area contributed by atoms with Crippen molar-refractivity contribution in [3.8, 4) is 0 Å². The Bertz CT molecular complexity index is 1550. The quantitative estimate of drug-likeness (QED) is 0.0228. The van der Waals surface area contributed by atoms with Crippen molar-refractivity contribution in [2.24, 2.45) is 0 Å². The van der Waals surface area contributed by atoms with Gasteiger partial charge in [-0.1, -0.05) is 209 Å². The van der Waals surface area contributed by atoms with E-state index in [1.165, 1.54) is 77.0 Å². The zero-order valence-corrected chi connectivity index (χ0v) is 45.9. The molecule has 1 aliphatic heterocycles. The van der Waals surface area contributed by atoms with Gasteiger partial charge in [0.1, 0.15) is 18.8 Å². The summed E-state index contributed by atoms with van der Waals surface area (Å²) in [6.45, 7) is 5.71. The predicted octanol–water partition coefficient (Wildman–Crippen LogP) is 14.6. The van der Waals surface area contributed by atoms with Gasteiger partial charge in [0.2, 0.25) is 0 Å². The molecule has 1 aliphatic rings. The van der Waals surface area contributed by atoms with Gasteiger partial charge in [0.05, 0.1) is 6.61 Å². The van der Waals surface area contributed by atoms with Crippen LogP contribution in [0.5, 0.6) is 0 Å². The summed E-state index contributed by atoms with van der Waals surface area (Å²) in [7, 11) is 0. The molecule has 0 bridgehead atoms. The number of unbranched alkanes of at least 4 members (excludes halogenated alkanes) is 22. The number of esters is 3. The number of carbonyl (C=O) groups excluding carboxylic acids is 3. The summed E-state index contributed by atoms with van der Waals surface area (Å²) in [5.74, 6) is -3.19. The van der Waals surface area contributed by atoms with Crippen LogP contribution < -0.4 is 0 Å². The average Bonchev–Trinajstić information content (AvgIpc) is 3.37. The first kappa shape index (κ1) is 67.2. The summed E-state index contributed by atoms with van der Waals surface area (Å²) in [4.78, 5) is 51.0. The van der Waals surface area contributed by atoms with Gasteiger partial charge in [0, 0.05) is 19.3 Å². The van der Waals surface area contributed by atoms with Gasteiger partial charge >= 0.3 is 23.9 Å². The molecule has 0 aliphatic carbocycles. The molecule has 3 N–H and O–H groups in total. The standard InChI is InChI=1S/C61H102O12/c1-4-7-10-13-16-19-22-25-26-27-28-31-34-37-40-43-46-49-55(64)72-59-57(66)56(65)58(60(67)68)73-61(59)70-51-52(71-54(63)48-45-42-39-36-33-30-24-21-18-15-12-9-6-3)50-69-53(62)47-44-41-38-35-32-29-23-20-17-14-11-8-5-2/h8-9,11-12,17-18,20-21,29-30,32-33,52,56-59,61,65-66H,4-7,10,13-16,19,22-28,31,34-51H2,1-3H3,(H,67,68)/b11-8-,12-9-,20-17-,21-18-,32-29-,33-30-. The van der Waals surface area contributed by atoms with E-state index >= 15 is 0 Å². The van der Waals surface area contributed by atoms with Crippen LogP contribution in [-0.4, -0.2) is 89.2 Å². The summed E-state index contributed by atoms with van der Waals surface area (Å²) < 4.78 is 28.3. The highest BCUT2D eigenvalue weighted by Gasteiger charge is 2.50. The van der Waals surface area contributed by atoms with Crippen LogP contribution in [0.3, 0.4) is 0 Å². The maximum absolute atomic E-state index is 13.1. The van der Waals surface area contributed by atoms with E-state index in [2.05, 4.69) is 93.7 Å². The summed E-state index contributed by atoms with van der Waals surface area (Å²) in [6.07, 6.45) is 48.8. The molecule has 6 unspecified atom stereocenters. The van der Waals surface area contributed by atoms with E-state index < -0.39 is 67.3 Å². The average molecular weight is 1030 g/mol. The maximum atomic E-state index is 13.1. The van der Waals surface area contributed by atoms with E-state index in [1.54, 1.807) is 0 Å². The fraction of sp³-hybridized carbons (Fsp3) is 0.738. The van der Waals surface area contributed by atoms with Crippen LogP contribution in [0.25, 0.3) is 0 Å². The van der Waals surface area contributed by atoms with Crippen LogP contribution in [-0.2, 0) is 42.9 Å². The van der Waals surface area contributed by atoms with Crippen LogP contribution in [0.15, 0.2) is 72.9 Å². The largest absolute Gasteiger partial charge is 0.479 e. The van der Waals surface area contributed by atoms with E-state index in [1.807, 2.05) is 0 Å². The third kappa shape index (κ3) is 39.3. The highest BCUT2D eigenvalue weighted by Crippen LogP contribution is 2.26. The van der Waals surface area contributed by atoms with Gasteiger partial charge in [-0.3, -0.25) is 14.4 Å². The first-order valence-corrected chi connectivity index (χ1v) is 28.9. The SMILES string of the molecule is CC/C=C\C/C=C\C/C=C\CCCCCC(=O)OCC(COC1OC(C(=O)O)C(O)C(O)C1OC(=O)CCCCCCCCCCCCCCCCCCC)OC(=O)CCCCC/C=C\C/C=C\C/C=C\CC. The Labute approximate surface area is 442 Å². The van der Waals surface area contributed by atoms with E-state index in [-0.39, 0.29) is 25.9 Å².